The van der Waals surface area contributed by atoms with E-state index in [1.807, 2.05) is 11.9 Å². The van der Waals surface area contributed by atoms with E-state index < -0.39 is 0 Å². The van der Waals surface area contributed by atoms with Gasteiger partial charge in [-0.3, -0.25) is 4.79 Å². The number of carbonyl (C=O) groups is 1. The van der Waals surface area contributed by atoms with Gasteiger partial charge in [-0.25, -0.2) is 0 Å². The zero-order chi connectivity index (χ0) is 8.72. The monoisotopic (exact) mass is 168 g/mol. The number of hydrogen-bond donors (Lipinski definition) is 1. The van der Waals surface area contributed by atoms with Crippen molar-refractivity contribution in [3.05, 3.63) is 0 Å². The number of likely N-dealkylation sites (N-methyl/N-ethyl adjacent to an activating group) is 1. The SMILES string of the molecule is C[C@@H]1C[C@H]1NC1CCN(C)C1=O. The lowest BCUT2D eigenvalue weighted by atomic mass is 10.2. The van der Waals surface area contributed by atoms with Crippen LogP contribution in [0, 0.1) is 5.92 Å². The quantitative estimate of drug-likeness (QED) is 0.639. The smallest absolute Gasteiger partial charge is 0.239 e. The van der Waals surface area contributed by atoms with E-state index in [1.165, 1.54) is 6.42 Å². The van der Waals surface area contributed by atoms with E-state index in [1.54, 1.807) is 0 Å². The lowest BCUT2D eigenvalue weighted by Crippen LogP contribution is -2.38. The molecule has 2 aliphatic rings. The van der Waals surface area contributed by atoms with Crippen molar-refractivity contribution < 1.29 is 4.79 Å². The van der Waals surface area contributed by atoms with Crippen LogP contribution in [0.15, 0.2) is 0 Å². The zero-order valence-electron chi connectivity index (χ0n) is 7.71. The molecule has 1 heterocycles. The third-order valence-electron chi connectivity index (χ3n) is 2.95. The van der Waals surface area contributed by atoms with Gasteiger partial charge in [-0.15, -0.1) is 0 Å². The minimum Gasteiger partial charge on any atom is -0.344 e. The molecule has 68 valence electrons. The highest BCUT2D eigenvalue weighted by atomic mass is 16.2. The maximum absolute atomic E-state index is 11.4. The number of nitrogens with zero attached hydrogens (tertiary/aromatic N) is 1. The average molecular weight is 168 g/mol. The Labute approximate surface area is 73.1 Å². The Balaban J connectivity index is 1.85. The van der Waals surface area contributed by atoms with Crippen LogP contribution in [0.4, 0.5) is 0 Å². The van der Waals surface area contributed by atoms with Crippen molar-refractivity contribution in [1.82, 2.24) is 10.2 Å². The number of likely N-dealkylation sites (tertiary alicyclic amines) is 1. The zero-order valence-corrected chi connectivity index (χ0v) is 7.71. The first kappa shape index (κ1) is 8.05. The van der Waals surface area contributed by atoms with Crippen LogP contribution in [0.3, 0.4) is 0 Å². The minimum absolute atomic E-state index is 0.116. The van der Waals surface area contributed by atoms with E-state index in [4.69, 9.17) is 0 Å². The van der Waals surface area contributed by atoms with Crippen molar-refractivity contribution in [3.63, 3.8) is 0 Å². The van der Waals surface area contributed by atoms with Gasteiger partial charge >= 0.3 is 0 Å². The van der Waals surface area contributed by atoms with Crippen LogP contribution in [-0.4, -0.2) is 36.5 Å². The first-order valence-electron chi connectivity index (χ1n) is 4.69. The molecule has 1 N–H and O–H groups in total. The molecule has 2 rings (SSSR count). The van der Waals surface area contributed by atoms with Gasteiger partial charge < -0.3 is 10.2 Å². The number of carbonyl (C=O) groups excluding carboxylic acids is 1. The van der Waals surface area contributed by atoms with Crippen LogP contribution < -0.4 is 5.32 Å². The fourth-order valence-electron chi connectivity index (χ4n) is 1.79. The highest BCUT2D eigenvalue weighted by molar-refractivity contribution is 5.83. The molecular formula is C9H16N2O. The molecule has 0 radical (unpaired) electrons. The summed E-state index contributed by atoms with van der Waals surface area (Å²) in [5.74, 6) is 1.05. The normalized spacial score (nSPS) is 40.7. The van der Waals surface area contributed by atoms with Crippen molar-refractivity contribution in [3.8, 4) is 0 Å². The number of nitrogens with one attached hydrogen (secondary N) is 1. The van der Waals surface area contributed by atoms with E-state index >= 15 is 0 Å². The highest BCUT2D eigenvalue weighted by Crippen LogP contribution is 2.30. The van der Waals surface area contributed by atoms with Gasteiger partial charge in [-0.2, -0.15) is 0 Å². The molecule has 1 saturated carbocycles. The fraction of sp³-hybridized carbons (Fsp3) is 0.889. The van der Waals surface area contributed by atoms with Crippen molar-refractivity contribution in [1.29, 1.82) is 0 Å². The summed E-state index contributed by atoms with van der Waals surface area (Å²) in [4.78, 5) is 13.2. The maximum Gasteiger partial charge on any atom is 0.239 e. The van der Waals surface area contributed by atoms with Crippen LogP contribution in [0.1, 0.15) is 19.8 Å². The summed E-state index contributed by atoms with van der Waals surface area (Å²) in [5.41, 5.74) is 0. The molecule has 1 aliphatic carbocycles. The molecule has 1 aliphatic heterocycles. The van der Waals surface area contributed by atoms with Crippen molar-refractivity contribution in [2.75, 3.05) is 13.6 Å². The first-order valence-corrected chi connectivity index (χ1v) is 4.69. The van der Waals surface area contributed by atoms with Gasteiger partial charge in [-0.1, -0.05) is 6.92 Å². The average Bonchev–Trinajstić information content (AvgIpc) is 2.64. The predicted molar refractivity (Wildman–Crippen MR) is 46.7 cm³/mol. The second-order valence-electron chi connectivity index (χ2n) is 4.09. The van der Waals surface area contributed by atoms with Crippen LogP contribution >= 0.6 is 0 Å². The second-order valence-corrected chi connectivity index (χ2v) is 4.09. The van der Waals surface area contributed by atoms with Crippen LogP contribution in [0.5, 0.6) is 0 Å². The Morgan fingerprint density at radius 3 is 2.67 bits per heavy atom. The summed E-state index contributed by atoms with van der Waals surface area (Å²) in [7, 11) is 1.88. The van der Waals surface area contributed by atoms with Gasteiger partial charge in [0.05, 0.1) is 6.04 Å². The van der Waals surface area contributed by atoms with Gasteiger partial charge in [0.25, 0.3) is 0 Å². The summed E-state index contributed by atoms with van der Waals surface area (Å²) >= 11 is 0. The van der Waals surface area contributed by atoms with Gasteiger partial charge in [0, 0.05) is 19.6 Å². The Morgan fingerprint density at radius 1 is 1.58 bits per heavy atom. The van der Waals surface area contributed by atoms with E-state index in [0.29, 0.717) is 6.04 Å². The minimum atomic E-state index is 0.116. The van der Waals surface area contributed by atoms with E-state index in [-0.39, 0.29) is 11.9 Å². The molecule has 3 atom stereocenters. The molecule has 12 heavy (non-hydrogen) atoms. The predicted octanol–water partition coefficient (Wildman–Crippen LogP) is 0.215. The number of hydrogen-bond acceptors (Lipinski definition) is 2. The topological polar surface area (TPSA) is 32.3 Å². The fourth-order valence-corrected chi connectivity index (χ4v) is 1.79. The molecule has 2 fully saturated rings. The summed E-state index contributed by atoms with van der Waals surface area (Å²) in [6.07, 6.45) is 2.23. The molecule has 3 nitrogen and oxygen atoms in total. The standard InChI is InChI=1S/C9H16N2O/c1-6-5-8(6)10-7-3-4-11(2)9(7)12/h6-8,10H,3-5H2,1-2H3/t6-,7?,8-/m1/s1. The van der Waals surface area contributed by atoms with Gasteiger partial charge in [0.2, 0.25) is 5.91 Å². The van der Waals surface area contributed by atoms with E-state index in [9.17, 15) is 4.79 Å². The maximum atomic E-state index is 11.4. The summed E-state index contributed by atoms with van der Waals surface area (Å²) in [5, 5.41) is 3.39. The third kappa shape index (κ3) is 1.33. The molecule has 0 bridgehead atoms. The molecule has 0 spiro atoms. The Bertz CT molecular complexity index is 205. The number of amides is 1. The van der Waals surface area contributed by atoms with Crippen molar-refractivity contribution in [2.24, 2.45) is 5.92 Å². The molecule has 1 amide bonds. The summed E-state index contributed by atoms with van der Waals surface area (Å²) < 4.78 is 0. The Hall–Kier alpha value is -0.570. The van der Waals surface area contributed by atoms with Gasteiger partial charge in [-0.05, 0) is 18.8 Å². The van der Waals surface area contributed by atoms with Crippen molar-refractivity contribution >= 4 is 5.91 Å². The second kappa shape index (κ2) is 2.73. The Morgan fingerprint density at radius 2 is 2.25 bits per heavy atom. The largest absolute Gasteiger partial charge is 0.344 e. The number of rotatable bonds is 2. The molecule has 1 unspecified atom stereocenters. The summed E-state index contributed by atoms with van der Waals surface area (Å²) in [6.45, 7) is 3.14. The molecule has 0 aromatic heterocycles. The highest BCUT2D eigenvalue weighted by Gasteiger charge is 2.38. The van der Waals surface area contributed by atoms with Crippen molar-refractivity contribution in [2.45, 2.75) is 31.8 Å². The van der Waals surface area contributed by atoms with E-state index in [0.717, 1.165) is 18.9 Å². The molecule has 1 saturated heterocycles. The van der Waals surface area contributed by atoms with Crippen LogP contribution in [-0.2, 0) is 4.79 Å². The lowest BCUT2D eigenvalue weighted by Gasteiger charge is -2.11. The molecule has 0 aromatic rings. The molecule has 3 heteroatoms. The Kier molecular flexibility index (Phi) is 1.83. The van der Waals surface area contributed by atoms with Crippen LogP contribution in [0.25, 0.3) is 0 Å². The van der Waals surface area contributed by atoms with E-state index in [2.05, 4.69) is 12.2 Å². The molecular weight excluding hydrogens is 152 g/mol. The van der Waals surface area contributed by atoms with Crippen LogP contribution in [0.2, 0.25) is 0 Å². The first-order chi connectivity index (χ1) is 5.68. The van der Waals surface area contributed by atoms with Gasteiger partial charge in [0.15, 0.2) is 0 Å². The third-order valence-corrected chi connectivity index (χ3v) is 2.95. The van der Waals surface area contributed by atoms with Gasteiger partial charge in [0.1, 0.15) is 0 Å². The lowest BCUT2D eigenvalue weighted by molar-refractivity contribution is -0.128. The summed E-state index contributed by atoms with van der Waals surface area (Å²) in [6, 6.07) is 0.732. The molecule has 0 aromatic carbocycles.